The largest absolute Gasteiger partial charge is 0.480 e. The van der Waals surface area contributed by atoms with Crippen LogP contribution in [0.15, 0.2) is 45.8 Å². The number of hydrogen-bond acceptors (Lipinski definition) is 14. The van der Waals surface area contributed by atoms with Crippen molar-refractivity contribution in [3.8, 4) is 5.75 Å². The first-order valence-corrected chi connectivity index (χ1v) is 18.3. The number of amides is 1. The summed E-state index contributed by atoms with van der Waals surface area (Å²) >= 11 is 6.23. The van der Waals surface area contributed by atoms with Gasteiger partial charge in [0.25, 0.3) is 26.4 Å². The lowest BCUT2D eigenvalue weighted by molar-refractivity contribution is -0.140. The van der Waals surface area contributed by atoms with E-state index in [1.54, 1.807) is 36.1 Å². The van der Waals surface area contributed by atoms with Crippen molar-refractivity contribution < 1.29 is 56.9 Å². The van der Waals surface area contributed by atoms with E-state index in [1.807, 2.05) is 0 Å². The number of hydrogen-bond donors (Lipinski definition) is 4. The van der Waals surface area contributed by atoms with Gasteiger partial charge in [0.15, 0.2) is 5.75 Å². The van der Waals surface area contributed by atoms with Crippen LogP contribution in [0.2, 0.25) is 0 Å². The van der Waals surface area contributed by atoms with Crippen LogP contribution < -0.4 is 30.0 Å². The Bertz CT molecular complexity index is 2490. The fourth-order valence-corrected chi connectivity index (χ4v) is 8.33. The molecule has 1 amide bonds. The van der Waals surface area contributed by atoms with Gasteiger partial charge in [0.05, 0.1) is 16.0 Å². The molecule has 4 N–H and O–H groups in total. The van der Waals surface area contributed by atoms with E-state index >= 15 is 0 Å². The zero-order valence-electron chi connectivity index (χ0n) is 26.1. The number of carboxylic acids is 3. The van der Waals surface area contributed by atoms with Crippen molar-refractivity contribution in [2.75, 3.05) is 23.7 Å². The summed E-state index contributed by atoms with van der Waals surface area (Å²) < 4.78 is 43.9. The molecular weight excluding hydrogens is 757 g/mol. The highest BCUT2D eigenvalue weighted by Gasteiger charge is 2.37. The number of ether oxygens (including phenoxy) is 2. The quantitative estimate of drug-likeness (QED) is 0.134. The second-order valence-electron chi connectivity index (χ2n) is 10.7. The van der Waals surface area contributed by atoms with Gasteiger partial charge in [-0.15, -0.1) is 22.7 Å². The number of carboxylic acid groups (broad SMARTS) is 3. The van der Waals surface area contributed by atoms with Gasteiger partial charge >= 0.3 is 23.8 Å². The molecule has 270 valence electrons. The second-order valence-corrected chi connectivity index (χ2v) is 14.7. The first-order valence-electron chi connectivity index (χ1n) is 14.6. The molecule has 1 fully saturated rings. The Balaban J connectivity index is 1.79. The summed E-state index contributed by atoms with van der Waals surface area (Å²) in [7, 11) is -4.26. The van der Waals surface area contributed by atoms with Crippen LogP contribution in [0.25, 0.3) is 11.3 Å². The second kappa shape index (κ2) is 14.6. The SMILES string of the molecule is CCC(C=C1Oc2ccccc2N1CCCS(=O)(=O)O)=c1s/c(=c2/s/c(=C3/OC(=S)N(CC(=O)O)C3=O)n(CC(=O)O)c2=O)n(CC(=O)O)c1=O. The van der Waals surface area contributed by atoms with E-state index in [1.165, 1.54) is 6.08 Å². The highest BCUT2D eigenvalue weighted by molar-refractivity contribution is 7.85. The van der Waals surface area contributed by atoms with Crippen molar-refractivity contribution in [1.82, 2.24) is 14.0 Å². The topological polar surface area (TPSA) is 252 Å². The molecule has 18 nitrogen and oxygen atoms in total. The van der Waals surface area contributed by atoms with E-state index < -0.39 is 81.4 Å². The first-order chi connectivity index (χ1) is 24.0. The number of allylic oxidation sites excluding steroid dienone is 1. The number of carbonyl (C=O) groups is 4. The highest BCUT2D eigenvalue weighted by atomic mass is 32.2. The molecule has 4 heterocycles. The van der Waals surface area contributed by atoms with Gasteiger partial charge in [-0.05, 0) is 42.8 Å². The van der Waals surface area contributed by atoms with E-state index in [0.29, 0.717) is 37.8 Å². The molecule has 0 aliphatic carbocycles. The summed E-state index contributed by atoms with van der Waals surface area (Å²) in [6.45, 7) is -0.983. The third-order valence-electron chi connectivity index (χ3n) is 7.28. The Morgan fingerprint density at radius 1 is 0.882 bits per heavy atom. The number of thiocarbonyl (C=S) groups is 1. The van der Waals surface area contributed by atoms with Crippen molar-refractivity contribution in [2.24, 2.45) is 0 Å². The normalized spacial score (nSPS) is 17.4. The lowest BCUT2D eigenvalue weighted by Gasteiger charge is -2.18. The van der Waals surface area contributed by atoms with Crippen molar-refractivity contribution in [1.29, 1.82) is 0 Å². The smallest absolute Gasteiger partial charge is 0.323 e. The number of benzene rings is 1. The predicted molar refractivity (Wildman–Crippen MR) is 183 cm³/mol. The van der Waals surface area contributed by atoms with Gasteiger partial charge in [-0.1, -0.05) is 19.1 Å². The zero-order valence-corrected chi connectivity index (χ0v) is 29.4. The molecule has 22 heteroatoms. The molecular formula is C29H26N4O14S4. The standard InChI is InChI=1S/C29H26N4O14S4/c1-2-14(10-17-30(8-5-9-51(43,44)45)15-6-3-4-7-16(15)46-17)22-25(41)32(12-19(36)37)28(49-22)23-26(42)31(11-18(34)35)27(50-23)21-24(40)33(13-20(38)39)29(48)47-21/h3-4,6-7,10H,2,5,8-9,11-13H2,1H3,(H,34,35)(H,36,37)(H,38,39)(H,43,44,45)/b17-10?,22-14?,27-21+,28-23+. The van der Waals surface area contributed by atoms with E-state index in [-0.39, 0.29) is 43.7 Å². The van der Waals surface area contributed by atoms with Crippen LogP contribution in [0.5, 0.6) is 5.75 Å². The highest BCUT2D eigenvalue weighted by Crippen LogP contribution is 2.39. The first kappa shape index (κ1) is 37.1. The number of anilines is 1. The lowest BCUT2D eigenvalue weighted by atomic mass is 10.2. The number of thiazole rings is 2. The van der Waals surface area contributed by atoms with Gasteiger partial charge in [-0.2, -0.15) is 8.42 Å². The number of rotatable bonds is 12. The lowest BCUT2D eigenvalue weighted by Crippen LogP contribution is -2.35. The Kier molecular flexibility index (Phi) is 10.6. The number of aromatic nitrogens is 2. The summed E-state index contributed by atoms with van der Waals surface area (Å²) in [6, 6.07) is 6.83. The average molecular weight is 783 g/mol. The molecule has 0 spiro atoms. The Labute approximate surface area is 298 Å². The molecule has 0 saturated carbocycles. The minimum absolute atomic E-state index is 0.00696. The van der Waals surface area contributed by atoms with E-state index in [2.05, 4.69) is 0 Å². The van der Waals surface area contributed by atoms with E-state index in [9.17, 15) is 57.1 Å². The summed E-state index contributed by atoms with van der Waals surface area (Å²) in [5.41, 5.74) is -0.906. The molecule has 0 radical (unpaired) electrons. The van der Waals surface area contributed by atoms with Gasteiger partial charge in [-0.3, -0.25) is 47.4 Å². The maximum Gasteiger partial charge on any atom is 0.323 e. The maximum absolute atomic E-state index is 13.9. The van der Waals surface area contributed by atoms with E-state index in [4.69, 9.17) is 21.7 Å². The van der Waals surface area contributed by atoms with Crippen molar-refractivity contribution in [2.45, 2.75) is 32.9 Å². The Morgan fingerprint density at radius 2 is 1.51 bits per heavy atom. The van der Waals surface area contributed by atoms with Gasteiger partial charge in [0, 0.05) is 12.6 Å². The monoisotopic (exact) mass is 782 g/mol. The van der Waals surface area contributed by atoms with Crippen molar-refractivity contribution in [3.05, 3.63) is 75.3 Å². The van der Waals surface area contributed by atoms with Gasteiger partial charge in [0.1, 0.15) is 33.5 Å². The van der Waals surface area contributed by atoms with Crippen LogP contribution in [0.4, 0.5) is 5.69 Å². The fourth-order valence-electron chi connectivity index (χ4n) is 5.13. The molecule has 2 aliphatic rings. The van der Waals surface area contributed by atoms with Crippen molar-refractivity contribution >= 4 is 91.0 Å². The number of fused-ring (bicyclic) bond motifs is 1. The summed E-state index contributed by atoms with van der Waals surface area (Å²) in [6.07, 6.45) is 1.70. The number of para-hydroxylation sites is 2. The van der Waals surface area contributed by atoms with Crippen LogP contribution in [-0.4, -0.2) is 90.2 Å². The molecule has 51 heavy (non-hydrogen) atoms. The van der Waals surface area contributed by atoms with Crippen LogP contribution in [0.1, 0.15) is 19.8 Å². The van der Waals surface area contributed by atoms with Crippen molar-refractivity contribution in [3.63, 3.8) is 0 Å². The summed E-state index contributed by atoms with van der Waals surface area (Å²) in [5.74, 6) is -5.97. The minimum atomic E-state index is -4.26. The molecule has 0 atom stereocenters. The number of nitrogens with zero attached hydrogens (tertiary/aromatic N) is 4. The van der Waals surface area contributed by atoms with Crippen LogP contribution in [0, 0.1) is 9.20 Å². The van der Waals surface area contributed by atoms with Crippen LogP contribution in [0.3, 0.4) is 0 Å². The fraction of sp³-hybridized carbons (Fsp3) is 0.276. The molecule has 2 aromatic heterocycles. The third kappa shape index (κ3) is 7.78. The molecule has 0 unspecified atom stereocenters. The minimum Gasteiger partial charge on any atom is -0.480 e. The Morgan fingerprint density at radius 3 is 2.12 bits per heavy atom. The van der Waals surface area contributed by atoms with E-state index in [0.717, 1.165) is 15.9 Å². The summed E-state index contributed by atoms with van der Waals surface area (Å²) in [4.78, 5) is 78.0. The average Bonchev–Trinajstić information content (AvgIpc) is 3.73. The molecule has 1 saturated heterocycles. The molecule has 2 aliphatic heterocycles. The Hall–Kier alpha value is -5.16. The predicted octanol–water partition coefficient (Wildman–Crippen LogP) is -0.495. The summed E-state index contributed by atoms with van der Waals surface area (Å²) in [5, 5.41) is 27.9. The number of aliphatic carboxylic acids is 3. The van der Waals surface area contributed by atoms with Gasteiger partial charge < -0.3 is 29.7 Å². The third-order valence-corrected chi connectivity index (χ3v) is 10.9. The molecule has 1 aromatic carbocycles. The van der Waals surface area contributed by atoms with Crippen LogP contribution >= 0.6 is 34.9 Å². The molecule has 3 aromatic rings. The molecule has 0 bridgehead atoms. The number of carbonyl (C=O) groups excluding carboxylic acids is 1. The van der Waals surface area contributed by atoms with Crippen LogP contribution in [-0.2, 0) is 47.1 Å². The van der Waals surface area contributed by atoms with Gasteiger partial charge in [-0.25, -0.2) is 0 Å². The molecule has 5 rings (SSSR count). The zero-order chi connectivity index (χ0) is 37.4. The maximum atomic E-state index is 13.9. The van der Waals surface area contributed by atoms with Gasteiger partial charge in [0.2, 0.25) is 11.6 Å².